The molecular formula is C17H19N5O2. The highest BCUT2D eigenvalue weighted by atomic mass is 16.5. The summed E-state index contributed by atoms with van der Waals surface area (Å²) < 4.78 is 7.03. The average molecular weight is 325 g/mol. The molecule has 0 saturated carbocycles. The summed E-state index contributed by atoms with van der Waals surface area (Å²) in [6.45, 7) is 0.559. The van der Waals surface area contributed by atoms with E-state index in [1.807, 2.05) is 28.8 Å². The molecule has 0 fully saturated rings. The van der Waals surface area contributed by atoms with Crippen molar-refractivity contribution in [2.45, 2.75) is 12.8 Å². The van der Waals surface area contributed by atoms with Gasteiger partial charge < -0.3 is 15.4 Å². The van der Waals surface area contributed by atoms with Crippen LogP contribution in [-0.2, 0) is 6.42 Å². The number of nitrogens with zero attached hydrogens (tertiary/aromatic N) is 3. The number of fused-ring (bicyclic) bond motifs is 1. The summed E-state index contributed by atoms with van der Waals surface area (Å²) >= 11 is 0. The number of hydrogen-bond donors (Lipinski definition) is 2. The van der Waals surface area contributed by atoms with Crippen LogP contribution in [-0.4, -0.2) is 34.3 Å². The number of rotatable bonds is 6. The molecule has 0 bridgehead atoms. The molecule has 0 aliphatic rings. The second kappa shape index (κ2) is 7.45. The first kappa shape index (κ1) is 15.8. The van der Waals surface area contributed by atoms with Crippen LogP contribution in [0.2, 0.25) is 0 Å². The van der Waals surface area contributed by atoms with E-state index >= 15 is 0 Å². The lowest BCUT2D eigenvalue weighted by atomic mass is 10.3. The zero-order chi connectivity index (χ0) is 16.8. The Hall–Kier alpha value is -3.09. The molecule has 3 aromatic rings. The number of methoxy groups -OCH3 is 1. The minimum Gasteiger partial charge on any atom is -0.497 e. The highest BCUT2D eigenvalue weighted by molar-refractivity contribution is 5.89. The molecule has 1 aromatic carbocycles. The van der Waals surface area contributed by atoms with Gasteiger partial charge in [0.25, 0.3) is 0 Å². The van der Waals surface area contributed by atoms with Crippen LogP contribution in [0.3, 0.4) is 0 Å². The quantitative estimate of drug-likeness (QED) is 0.682. The minimum atomic E-state index is -0.230. The smallest absolute Gasteiger partial charge is 0.319 e. The molecule has 0 aliphatic carbocycles. The second-order valence-electron chi connectivity index (χ2n) is 5.26. The zero-order valence-electron chi connectivity index (χ0n) is 13.4. The third-order valence-electron chi connectivity index (χ3n) is 3.59. The number of benzene rings is 1. The number of aromatic nitrogens is 3. The average Bonchev–Trinajstić information content (AvgIpc) is 3.03. The van der Waals surface area contributed by atoms with Gasteiger partial charge in [0, 0.05) is 24.8 Å². The SMILES string of the molecule is COc1ccc(NC(=O)NCCCc2nnc3ccccn23)cc1. The fourth-order valence-electron chi connectivity index (χ4n) is 2.36. The van der Waals surface area contributed by atoms with E-state index in [4.69, 9.17) is 4.74 Å². The molecule has 124 valence electrons. The van der Waals surface area contributed by atoms with E-state index in [1.54, 1.807) is 31.4 Å². The monoisotopic (exact) mass is 325 g/mol. The normalized spacial score (nSPS) is 10.5. The molecule has 24 heavy (non-hydrogen) atoms. The number of nitrogens with one attached hydrogen (secondary N) is 2. The third kappa shape index (κ3) is 3.81. The molecular weight excluding hydrogens is 306 g/mol. The number of hydrogen-bond acceptors (Lipinski definition) is 4. The molecule has 0 spiro atoms. The van der Waals surface area contributed by atoms with Gasteiger partial charge in [-0.2, -0.15) is 0 Å². The Morgan fingerprint density at radius 1 is 1.17 bits per heavy atom. The Labute approximate surface area is 139 Å². The van der Waals surface area contributed by atoms with Crippen LogP contribution in [0.4, 0.5) is 10.5 Å². The predicted octanol–water partition coefficient (Wildman–Crippen LogP) is 2.49. The van der Waals surface area contributed by atoms with Crippen LogP contribution in [0.15, 0.2) is 48.7 Å². The first-order valence-corrected chi connectivity index (χ1v) is 7.74. The number of anilines is 1. The largest absolute Gasteiger partial charge is 0.497 e. The number of ether oxygens (including phenoxy) is 1. The van der Waals surface area contributed by atoms with Gasteiger partial charge in [0.05, 0.1) is 7.11 Å². The Morgan fingerprint density at radius 2 is 2.00 bits per heavy atom. The Morgan fingerprint density at radius 3 is 2.79 bits per heavy atom. The number of amides is 2. The van der Waals surface area contributed by atoms with Crippen LogP contribution in [0, 0.1) is 0 Å². The Bertz CT molecular complexity index is 813. The maximum Gasteiger partial charge on any atom is 0.319 e. The van der Waals surface area contributed by atoms with E-state index in [1.165, 1.54) is 0 Å². The van der Waals surface area contributed by atoms with E-state index in [2.05, 4.69) is 20.8 Å². The Balaban J connectivity index is 1.43. The number of urea groups is 1. The molecule has 3 rings (SSSR count). The molecule has 7 nitrogen and oxygen atoms in total. The molecule has 0 unspecified atom stereocenters. The number of carbonyl (C=O) groups is 1. The molecule has 2 amide bonds. The summed E-state index contributed by atoms with van der Waals surface area (Å²) in [6.07, 6.45) is 3.47. The van der Waals surface area contributed by atoms with Crippen molar-refractivity contribution in [3.63, 3.8) is 0 Å². The van der Waals surface area contributed by atoms with Gasteiger partial charge in [0.2, 0.25) is 0 Å². The van der Waals surface area contributed by atoms with Gasteiger partial charge in [0.15, 0.2) is 5.65 Å². The number of pyridine rings is 1. The Kier molecular flexibility index (Phi) is 4.90. The standard InChI is InChI=1S/C17H19N5O2/c1-24-14-9-7-13(8-10-14)19-17(23)18-11-4-6-16-21-20-15-5-2-3-12-22(15)16/h2-3,5,7-10,12H,4,6,11H2,1H3,(H2,18,19,23). The van der Waals surface area contributed by atoms with Crippen molar-refractivity contribution < 1.29 is 9.53 Å². The highest BCUT2D eigenvalue weighted by Crippen LogP contribution is 2.14. The van der Waals surface area contributed by atoms with Crippen LogP contribution in [0.25, 0.3) is 5.65 Å². The fraction of sp³-hybridized carbons (Fsp3) is 0.235. The predicted molar refractivity (Wildman–Crippen MR) is 91.3 cm³/mol. The van der Waals surface area contributed by atoms with E-state index < -0.39 is 0 Å². The lowest BCUT2D eigenvalue weighted by Crippen LogP contribution is -2.29. The van der Waals surface area contributed by atoms with Gasteiger partial charge in [0.1, 0.15) is 11.6 Å². The summed E-state index contributed by atoms with van der Waals surface area (Å²) in [5, 5.41) is 13.9. The van der Waals surface area contributed by atoms with Crippen LogP contribution < -0.4 is 15.4 Å². The van der Waals surface area contributed by atoms with E-state index in [0.717, 1.165) is 35.8 Å². The van der Waals surface area contributed by atoms with Gasteiger partial charge >= 0.3 is 6.03 Å². The molecule has 0 atom stereocenters. The van der Waals surface area contributed by atoms with Crippen molar-refractivity contribution in [2.24, 2.45) is 0 Å². The first-order valence-electron chi connectivity index (χ1n) is 7.74. The molecule has 7 heteroatoms. The minimum absolute atomic E-state index is 0.230. The summed E-state index contributed by atoms with van der Waals surface area (Å²) in [4.78, 5) is 11.9. The van der Waals surface area contributed by atoms with Crippen molar-refractivity contribution in [3.8, 4) is 5.75 Å². The lowest BCUT2D eigenvalue weighted by molar-refractivity contribution is 0.252. The van der Waals surface area contributed by atoms with Crippen molar-refractivity contribution in [1.29, 1.82) is 0 Å². The van der Waals surface area contributed by atoms with Crippen molar-refractivity contribution >= 4 is 17.4 Å². The molecule has 0 radical (unpaired) electrons. The van der Waals surface area contributed by atoms with Crippen molar-refractivity contribution in [2.75, 3.05) is 19.0 Å². The van der Waals surface area contributed by atoms with E-state index in [0.29, 0.717) is 6.54 Å². The second-order valence-corrected chi connectivity index (χ2v) is 5.26. The molecule has 2 N–H and O–H groups in total. The van der Waals surface area contributed by atoms with Gasteiger partial charge in [-0.25, -0.2) is 4.79 Å². The van der Waals surface area contributed by atoms with Gasteiger partial charge in [-0.05, 0) is 42.8 Å². The van der Waals surface area contributed by atoms with Crippen LogP contribution in [0.1, 0.15) is 12.2 Å². The van der Waals surface area contributed by atoms with Gasteiger partial charge in [-0.1, -0.05) is 6.07 Å². The van der Waals surface area contributed by atoms with Crippen LogP contribution in [0.5, 0.6) is 5.75 Å². The molecule has 0 aliphatic heterocycles. The molecule has 2 aromatic heterocycles. The molecule has 0 saturated heterocycles. The van der Waals surface area contributed by atoms with E-state index in [-0.39, 0.29) is 6.03 Å². The summed E-state index contributed by atoms with van der Waals surface area (Å²) in [6, 6.07) is 12.7. The summed E-state index contributed by atoms with van der Waals surface area (Å²) in [7, 11) is 1.60. The van der Waals surface area contributed by atoms with Gasteiger partial charge in [-0.3, -0.25) is 4.40 Å². The third-order valence-corrected chi connectivity index (χ3v) is 3.59. The zero-order valence-corrected chi connectivity index (χ0v) is 13.4. The molecule has 2 heterocycles. The van der Waals surface area contributed by atoms with E-state index in [9.17, 15) is 4.79 Å². The maximum atomic E-state index is 11.9. The summed E-state index contributed by atoms with van der Waals surface area (Å²) in [5.41, 5.74) is 1.55. The van der Waals surface area contributed by atoms with Crippen molar-refractivity contribution in [3.05, 3.63) is 54.5 Å². The highest BCUT2D eigenvalue weighted by Gasteiger charge is 2.05. The first-order chi connectivity index (χ1) is 11.8. The number of aryl methyl sites for hydroxylation is 1. The summed E-state index contributed by atoms with van der Waals surface area (Å²) in [5.74, 6) is 1.64. The topological polar surface area (TPSA) is 80.5 Å². The van der Waals surface area contributed by atoms with Crippen LogP contribution >= 0.6 is 0 Å². The van der Waals surface area contributed by atoms with Gasteiger partial charge in [-0.15, -0.1) is 10.2 Å². The number of carbonyl (C=O) groups excluding carboxylic acids is 1. The van der Waals surface area contributed by atoms with Crippen molar-refractivity contribution in [1.82, 2.24) is 19.9 Å². The fourth-order valence-corrected chi connectivity index (χ4v) is 2.36. The maximum absolute atomic E-state index is 11.9. The lowest BCUT2D eigenvalue weighted by Gasteiger charge is -2.08.